The molecule has 1 aromatic heterocycles. The topological polar surface area (TPSA) is 25.8 Å². The predicted molar refractivity (Wildman–Crippen MR) is 84.6 cm³/mol. The number of hydrogen-bond acceptors (Lipinski definition) is 2. The Balaban J connectivity index is 1.98. The zero-order valence-corrected chi connectivity index (χ0v) is 11.7. The molecular formula is C19H14N2. The second kappa shape index (κ2) is 6.02. The average molecular weight is 270 g/mol. The highest BCUT2D eigenvalue weighted by molar-refractivity contribution is 5.59. The van der Waals surface area contributed by atoms with Crippen LogP contribution >= 0.6 is 0 Å². The van der Waals surface area contributed by atoms with Gasteiger partial charge in [0.25, 0.3) is 0 Å². The van der Waals surface area contributed by atoms with Crippen molar-refractivity contribution in [3.63, 3.8) is 0 Å². The van der Waals surface area contributed by atoms with Crippen LogP contribution in [0.1, 0.15) is 17.1 Å². The molecule has 0 bridgehead atoms. The minimum absolute atomic E-state index is 0.553. The predicted octanol–water partition coefficient (Wildman–Crippen LogP) is 3.85. The van der Waals surface area contributed by atoms with Crippen LogP contribution in [0.5, 0.6) is 0 Å². The minimum atomic E-state index is 0.553. The van der Waals surface area contributed by atoms with Gasteiger partial charge in [-0.15, -0.1) is 0 Å². The lowest BCUT2D eigenvalue weighted by atomic mass is 10.1. The van der Waals surface area contributed by atoms with Gasteiger partial charge in [0.05, 0.1) is 5.69 Å². The molecule has 0 aliphatic carbocycles. The Morgan fingerprint density at radius 3 is 2.14 bits per heavy atom. The van der Waals surface area contributed by atoms with Crippen LogP contribution in [0.2, 0.25) is 0 Å². The first-order chi connectivity index (χ1) is 10.3. The van der Waals surface area contributed by atoms with Crippen molar-refractivity contribution in [1.29, 1.82) is 0 Å². The molecule has 100 valence electrons. The first kappa shape index (κ1) is 13.1. The summed E-state index contributed by atoms with van der Waals surface area (Å²) in [6.45, 7) is 1.96. The molecule has 0 atom stereocenters. The third-order valence-corrected chi connectivity index (χ3v) is 3.02. The van der Waals surface area contributed by atoms with Crippen molar-refractivity contribution in [3.8, 4) is 23.1 Å². The number of hydrogen-bond donors (Lipinski definition) is 0. The lowest BCUT2D eigenvalue weighted by molar-refractivity contribution is 1.07. The van der Waals surface area contributed by atoms with E-state index in [-0.39, 0.29) is 0 Å². The van der Waals surface area contributed by atoms with Gasteiger partial charge in [0.2, 0.25) is 5.82 Å². The van der Waals surface area contributed by atoms with Gasteiger partial charge in [0.15, 0.2) is 0 Å². The summed E-state index contributed by atoms with van der Waals surface area (Å²) in [5, 5.41) is 0. The summed E-state index contributed by atoms with van der Waals surface area (Å²) in [7, 11) is 0. The minimum Gasteiger partial charge on any atom is -0.226 e. The molecule has 0 unspecified atom stereocenters. The van der Waals surface area contributed by atoms with Gasteiger partial charge < -0.3 is 0 Å². The van der Waals surface area contributed by atoms with Crippen LogP contribution in [-0.2, 0) is 0 Å². The van der Waals surface area contributed by atoms with Gasteiger partial charge in [0.1, 0.15) is 0 Å². The van der Waals surface area contributed by atoms with Crippen molar-refractivity contribution < 1.29 is 0 Å². The first-order valence-electron chi connectivity index (χ1n) is 6.79. The second-order valence-corrected chi connectivity index (χ2v) is 4.70. The largest absolute Gasteiger partial charge is 0.226 e. The van der Waals surface area contributed by atoms with E-state index in [9.17, 15) is 0 Å². The fraction of sp³-hybridized carbons (Fsp3) is 0.0526. The van der Waals surface area contributed by atoms with E-state index in [1.807, 2.05) is 73.7 Å². The second-order valence-electron chi connectivity index (χ2n) is 4.70. The summed E-state index contributed by atoms with van der Waals surface area (Å²) in [5.74, 6) is 6.68. The average Bonchev–Trinajstić information content (AvgIpc) is 2.54. The molecule has 0 radical (unpaired) electrons. The van der Waals surface area contributed by atoms with Crippen LogP contribution < -0.4 is 0 Å². The molecule has 3 aromatic rings. The fourth-order valence-corrected chi connectivity index (χ4v) is 2.03. The molecule has 2 nitrogen and oxygen atoms in total. The lowest BCUT2D eigenvalue weighted by Crippen LogP contribution is -1.95. The lowest BCUT2D eigenvalue weighted by Gasteiger charge is -2.02. The summed E-state index contributed by atoms with van der Waals surface area (Å²) < 4.78 is 0. The Morgan fingerprint density at radius 2 is 1.43 bits per heavy atom. The summed E-state index contributed by atoms with van der Waals surface area (Å²) in [6.07, 6.45) is 0. The highest BCUT2D eigenvalue weighted by Gasteiger charge is 2.02. The van der Waals surface area contributed by atoms with Gasteiger partial charge in [-0.1, -0.05) is 54.5 Å². The number of benzene rings is 2. The van der Waals surface area contributed by atoms with Gasteiger partial charge >= 0.3 is 0 Å². The van der Waals surface area contributed by atoms with E-state index < -0.39 is 0 Å². The quantitative estimate of drug-likeness (QED) is 0.628. The normalized spacial score (nSPS) is 9.76. The maximum Gasteiger partial charge on any atom is 0.206 e. The van der Waals surface area contributed by atoms with E-state index in [1.165, 1.54) is 0 Å². The zero-order chi connectivity index (χ0) is 14.5. The smallest absolute Gasteiger partial charge is 0.206 e. The van der Waals surface area contributed by atoms with Crippen LogP contribution in [0.25, 0.3) is 11.3 Å². The van der Waals surface area contributed by atoms with E-state index in [0.29, 0.717) is 5.82 Å². The van der Waals surface area contributed by atoms with Crippen LogP contribution in [0.4, 0.5) is 0 Å². The summed E-state index contributed by atoms with van der Waals surface area (Å²) in [4.78, 5) is 8.92. The number of nitrogens with zero attached hydrogens (tertiary/aromatic N) is 2. The van der Waals surface area contributed by atoms with Crippen LogP contribution in [0.15, 0.2) is 66.7 Å². The SMILES string of the molecule is Cc1cc(-c2ccccc2)nc(C#Cc2ccccc2)n1. The summed E-state index contributed by atoms with van der Waals surface area (Å²) in [6, 6.07) is 21.9. The molecule has 0 fully saturated rings. The Kier molecular flexibility index (Phi) is 3.75. The van der Waals surface area contributed by atoms with Crippen molar-refractivity contribution in [2.75, 3.05) is 0 Å². The molecule has 0 N–H and O–H groups in total. The molecule has 1 heterocycles. The molecule has 0 saturated carbocycles. The first-order valence-corrected chi connectivity index (χ1v) is 6.79. The highest BCUT2D eigenvalue weighted by atomic mass is 14.9. The Morgan fingerprint density at radius 1 is 0.762 bits per heavy atom. The molecule has 0 spiro atoms. The van der Waals surface area contributed by atoms with Crippen molar-refractivity contribution >= 4 is 0 Å². The zero-order valence-electron chi connectivity index (χ0n) is 11.7. The molecule has 0 saturated heterocycles. The monoisotopic (exact) mass is 270 g/mol. The molecule has 2 aromatic carbocycles. The molecule has 3 rings (SSSR count). The van der Waals surface area contributed by atoms with E-state index >= 15 is 0 Å². The third kappa shape index (κ3) is 3.34. The third-order valence-electron chi connectivity index (χ3n) is 3.02. The van der Waals surface area contributed by atoms with Gasteiger partial charge in [-0.05, 0) is 31.0 Å². The van der Waals surface area contributed by atoms with Gasteiger partial charge in [-0.2, -0.15) is 0 Å². The Labute approximate surface area is 124 Å². The fourth-order valence-electron chi connectivity index (χ4n) is 2.03. The van der Waals surface area contributed by atoms with E-state index in [2.05, 4.69) is 21.8 Å². The van der Waals surface area contributed by atoms with Crippen LogP contribution in [-0.4, -0.2) is 9.97 Å². The maximum atomic E-state index is 4.53. The maximum absolute atomic E-state index is 4.53. The Hall–Kier alpha value is -2.92. The van der Waals surface area contributed by atoms with Crippen LogP contribution in [0, 0.1) is 18.8 Å². The van der Waals surface area contributed by atoms with E-state index in [4.69, 9.17) is 0 Å². The molecule has 21 heavy (non-hydrogen) atoms. The molecule has 0 aliphatic rings. The van der Waals surface area contributed by atoms with E-state index in [1.54, 1.807) is 0 Å². The summed E-state index contributed by atoms with van der Waals surface area (Å²) in [5.41, 5.74) is 3.86. The molecular weight excluding hydrogens is 256 g/mol. The number of aryl methyl sites for hydroxylation is 1. The van der Waals surface area contributed by atoms with Crippen molar-refractivity contribution in [2.24, 2.45) is 0 Å². The van der Waals surface area contributed by atoms with Crippen molar-refractivity contribution in [3.05, 3.63) is 83.8 Å². The number of rotatable bonds is 1. The molecule has 0 amide bonds. The molecule has 0 aliphatic heterocycles. The van der Waals surface area contributed by atoms with E-state index in [0.717, 1.165) is 22.5 Å². The van der Waals surface area contributed by atoms with Gasteiger partial charge in [0, 0.05) is 16.8 Å². The van der Waals surface area contributed by atoms with Gasteiger partial charge in [-0.3, -0.25) is 0 Å². The summed E-state index contributed by atoms with van der Waals surface area (Å²) >= 11 is 0. The van der Waals surface area contributed by atoms with Crippen LogP contribution in [0.3, 0.4) is 0 Å². The van der Waals surface area contributed by atoms with Crippen molar-refractivity contribution in [1.82, 2.24) is 9.97 Å². The number of aromatic nitrogens is 2. The molecule has 2 heteroatoms. The highest BCUT2D eigenvalue weighted by Crippen LogP contribution is 2.16. The standard InChI is InChI=1S/C19H14N2/c1-15-14-18(17-10-6-3-7-11-17)21-19(20-15)13-12-16-8-4-2-5-9-16/h2-11,14H,1H3. The van der Waals surface area contributed by atoms with Crippen molar-refractivity contribution in [2.45, 2.75) is 6.92 Å². The van der Waals surface area contributed by atoms with Gasteiger partial charge in [-0.25, -0.2) is 9.97 Å². The Bertz CT molecular complexity index is 797.